The van der Waals surface area contributed by atoms with Gasteiger partial charge in [0.25, 0.3) is 5.91 Å². The molecule has 26 heavy (non-hydrogen) atoms. The normalized spacial score (nSPS) is 20.8. The van der Waals surface area contributed by atoms with Gasteiger partial charge in [-0.3, -0.25) is 14.5 Å². The van der Waals surface area contributed by atoms with E-state index in [1.165, 1.54) is 6.26 Å². The highest BCUT2D eigenvalue weighted by Crippen LogP contribution is 2.29. The number of benzene rings is 1. The number of furan rings is 1. The number of carbonyl (C=O) groups excluding carboxylic acids is 3. The van der Waals surface area contributed by atoms with E-state index in [-0.39, 0.29) is 12.6 Å². The van der Waals surface area contributed by atoms with Gasteiger partial charge in [0.1, 0.15) is 17.8 Å². The summed E-state index contributed by atoms with van der Waals surface area (Å²) in [6, 6.07) is 9.08. The molecule has 1 aromatic heterocycles. The summed E-state index contributed by atoms with van der Waals surface area (Å²) in [5.74, 6) is -0.370. The number of hydrogen-bond acceptors (Lipinski definition) is 4. The smallest absolute Gasteiger partial charge is 0.325 e. The summed E-state index contributed by atoms with van der Waals surface area (Å²) in [5.41, 5.74) is -0.652. The van der Waals surface area contributed by atoms with Gasteiger partial charge in [-0.1, -0.05) is 23.7 Å². The van der Waals surface area contributed by atoms with Gasteiger partial charge in [-0.05, 0) is 43.7 Å². The minimum absolute atomic E-state index is 0.374. The summed E-state index contributed by atoms with van der Waals surface area (Å²) in [7, 11) is 0. The van der Waals surface area contributed by atoms with E-state index in [0.717, 1.165) is 4.90 Å². The molecule has 1 saturated heterocycles. The van der Waals surface area contributed by atoms with Crippen LogP contribution >= 0.6 is 11.6 Å². The second-order valence-electron chi connectivity index (χ2n) is 6.26. The molecule has 2 atom stereocenters. The summed E-state index contributed by atoms with van der Waals surface area (Å²) >= 11 is 5.87. The van der Waals surface area contributed by atoms with Crippen molar-refractivity contribution in [1.82, 2.24) is 15.5 Å². The monoisotopic (exact) mass is 375 g/mol. The molecule has 4 amide bonds. The Kier molecular flexibility index (Phi) is 4.73. The molecule has 2 heterocycles. The number of rotatable bonds is 5. The van der Waals surface area contributed by atoms with Gasteiger partial charge in [0, 0.05) is 5.02 Å². The standard InChI is InChI=1S/C18H18ClN3O4/c1-11(14-4-3-9-26-14)20-15(23)10-22-16(24)18(2,21-17(22)25)12-5-7-13(19)8-6-12/h3-9,11H,10H2,1-2H3,(H,20,23)(H,21,25). The van der Waals surface area contributed by atoms with Crippen LogP contribution in [-0.4, -0.2) is 29.3 Å². The Bertz CT molecular complexity index is 835. The van der Waals surface area contributed by atoms with Crippen LogP contribution in [0.25, 0.3) is 0 Å². The lowest BCUT2D eigenvalue weighted by molar-refractivity contribution is -0.135. The third-order valence-corrected chi connectivity index (χ3v) is 4.60. The van der Waals surface area contributed by atoms with E-state index in [9.17, 15) is 14.4 Å². The molecule has 0 saturated carbocycles. The molecule has 2 N–H and O–H groups in total. The van der Waals surface area contributed by atoms with Crippen molar-refractivity contribution < 1.29 is 18.8 Å². The number of amides is 4. The van der Waals surface area contributed by atoms with E-state index < -0.39 is 23.4 Å². The maximum absolute atomic E-state index is 12.8. The Hall–Kier alpha value is -2.80. The summed E-state index contributed by atoms with van der Waals surface area (Å²) in [6.07, 6.45) is 1.51. The number of imide groups is 1. The van der Waals surface area contributed by atoms with Crippen molar-refractivity contribution in [2.75, 3.05) is 6.54 Å². The van der Waals surface area contributed by atoms with Crippen molar-refractivity contribution in [2.45, 2.75) is 25.4 Å². The fraction of sp³-hybridized carbons (Fsp3) is 0.278. The molecule has 1 aliphatic heterocycles. The third kappa shape index (κ3) is 3.30. The zero-order chi connectivity index (χ0) is 18.9. The van der Waals surface area contributed by atoms with E-state index in [1.807, 2.05) is 0 Å². The van der Waals surface area contributed by atoms with Crippen LogP contribution in [0.1, 0.15) is 31.2 Å². The van der Waals surface area contributed by atoms with Gasteiger partial charge in [0.15, 0.2) is 0 Å². The van der Waals surface area contributed by atoms with Gasteiger partial charge >= 0.3 is 6.03 Å². The van der Waals surface area contributed by atoms with Crippen LogP contribution in [0.2, 0.25) is 5.02 Å². The van der Waals surface area contributed by atoms with E-state index in [1.54, 1.807) is 50.2 Å². The van der Waals surface area contributed by atoms with Gasteiger partial charge in [-0.2, -0.15) is 0 Å². The predicted octanol–water partition coefficient (Wildman–Crippen LogP) is 2.58. The highest BCUT2D eigenvalue weighted by atomic mass is 35.5. The second-order valence-corrected chi connectivity index (χ2v) is 6.69. The number of nitrogens with one attached hydrogen (secondary N) is 2. The van der Waals surface area contributed by atoms with Crippen molar-refractivity contribution in [3.63, 3.8) is 0 Å². The SMILES string of the molecule is CC(NC(=O)CN1C(=O)NC(C)(c2ccc(Cl)cc2)C1=O)c1ccco1. The molecular weight excluding hydrogens is 358 g/mol. The molecule has 7 nitrogen and oxygen atoms in total. The van der Waals surface area contributed by atoms with Crippen LogP contribution < -0.4 is 10.6 Å². The van der Waals surface area contributed by atoms with Gasteiger partial charge < -0.3 is 15.1 Å². The Labute approximate surface area is 155 Å². The first-order valence-electron chi connectivity index (χ1n) is 8.04. The van der Waals surface area contributed by atoms with E-state index in [4.69, 9.17) is 16.0 Å². The second kappa shape index (κ2) is 6.84. The molecule has 0 aliphatic carbocycles. The number of urea groups is 1. The minimum atomic E-state index is -1.24. The largest absolute Gasteiger partial charge is 0.467 e. The number of hydrogen-bond donors (Lipinski definition) is 2. The summed E-state index contributed by atoms with van der Waals surface area (Å²) in [5, 5.41) is 5.87. The first kappa shape index (κ1) is 18.0. The highest BCUT2D eigenvalue weighted by Gasteiger charge is 2.49. The topological polar surface area (TPSA) is 91.7 Å². The third-order valence-electron chi connectivity index (χ3n) is 4.35. The number of halogens is 1. The molecule has 136 valence electrons. The van der Waals surface area contributed by atoms with Crippen LogP contribution in [0.3, 0.4) is 0 Å². The summed E-state index contributed by atoms with van der Waals surface area (Å²) < 4.78 is 5.22. The van der Waals surface area contributed by atoms with Crippen molar-refractivity contribution in [3.05, 3.63) is 59.0 Å². The molecule has 2 aromatic rings. The molecule has 1 aromatic carbocycles. The minimum Gasteiger partial charge on any atom is -0.467 e. The molecular formula is C18H18ClN3O4. The first-order chi connectivity index (χ1) is 12.3. The van der Waals surface area contributed by atoms with Gasteiger partial charge in [-0.25, -0.2) is 4.79 Å². The van der Waals surface area contributed by atoms with Gasteiger partial charge in [0.2, 0.25) is 5.91 Å². The van der Waals surface area contributed by atoms with Crippen LogP contribution in [0, 0.1) is 0 Å². The number of nitrogens with zero attached hydrogens (tertiary/aromatic N) is 1. The van der Waals surface area contributed by atoms with Gasteiger partial charge in [-0.15, -0.1) is 0 Å². The van der Waals surface area contributed by atoms with Crippen LogP contribution in [0.4, 0.5) is 4.79 Å². The predicted molar refractivity (Wildman–Crippen MR) is 94.3 cm³/mol. The van der Waals surface area contributed by atoms with E-state index in [2.05, 4.69) is 10.6 Å². The molecule has 2 unspecified atom stereocenters. The van der Waals surface area contributed by atoms with E-state index in [0.29, 0.717) is 16.3 Å². The Morgan fingerprint density at radius 3 is 2.62 bits per heavy atom. The Morgan fingerprint density at radius 2 is 2.00 bits per heavy atom. The summed E-state index contributed by atoms with van der Waals surface area (Å²) in [6.45, 7) is 2.97. The molecule has 3 rings (SSSR count). The zero-order valence-corrected chi connectivity index (χ0v) is 15.0. The van der Waals surface area contributed by atoms with Crippen molar-refractivity contribution in [2.24, 2.45) is 0 Å². The number of carbonyl (C=O) groups is 3. The molecule has 0 bridgehead atoms. The molecule has 8 heteroatoms. The quantitative estimate of drug-likeness (QED) is 0.786. The van der Waals surface area contributed by atoms with Gasteiger partial charge in [0.05, 0.1) is 12.3 Å². The van der Waals surface area contributed by atoms with Crippen LogP contribution in [0.15, 0.2) is 47.1 Å². The summed E-state index contributed by atoms with van der Waals surface area (Å²) in [4.78, 5) is 38.2. The lowest BCUT2D eigenvalue weighted by atomic mass is 9.92. The maximum Gasteiger partial charge on any atom is 0.325 e. The first-order valence-corrected chi connectivity index (χ1v) is 8.42. The lowest BCUT2D eigenvalue weighted by Gasteiger charge is -2.22. The van der Waals surface area contributed by atoms with Crippen LogP contribution in [-0.2, 0) is 15.1 Å². The average Bonchev–Trinajstić information content (AvgIpc) is 3.20. The Balaban J connectivity index is 1.71. The lowest BCUT2D eigenvalue weighted by Crippen LogP contribution is -2.43. The average molecular weight is 376 g/mol. The Morgan fingerprint density at radius 1 is 1.31 bits per heavy atom. The van der Waals surface area contributed by atoms with Crippen molar-refractivity contribution in [3.8, 4) is 0 Å². The fourth-order valence-corrected chi connectivity index (χ4v) is 2.98. The molecule has 1 aliphatic rings. The van der Waals surface area contributed by atoms with Crippen LogP contribution in [0.5, 0.6) is 0 Å². The van der Waals surface area contributed by atoms with Crippen molar-refractivity contribution in [1.29, 1.82) is 0 Å². The fourth-order valence-electron chi connectivity index (χ4n) is 2.86. The molecule has 1 fully saturated rings. The molecule has 0 spiro atoms. The highest BCUT2D eigenvalue weighted by molar-refractivity contribution is 6.30. The zero-order valence-electron chi connectivity index (χ0n) is 14.3. The van der Waals surface area contributed by atoms with E-state index >= 15 is 0 Å². The molecule has 0 radical (unpaired) electrons. The van der Waals surface area contributed by atoms with Crippen molar-refractivity contribution >= 4 is 29.4 Å². The maximum atomic E-state index is 12.8.